The van der Waals surface area contributed by atoms with Gasteiger partial charge in [-0.3, -0.25) is 4.57 Å². The second kappa shape index (κ2) is 6.00. The quantitative estimate of drug-likeness (QED) is 0.942. The first-order valence-electron chi connectivity index (χ1n) is 6.14. The molecule has 1 unspecified atom stereocenters. The van der Waals surface area contributed by atoms with E-state index in [-0.39, 0.29) is 0 Å². The Morgan fingerprint density at radius 2 is 2.32 bits per heavy atom. The van der Waals surface area contributed by atoms with Crippen molar-refractivity contribution in [1.29, 1.82) is 5.26 Å². The van der Waals surface area contributed by atoms with Crippen molar-refractivity contribution in [2.45, 2.75) is 19.9 Å². The molecule has 98 valence electrons. The van der Waals surface area contributed by atoms with Crippen LogP contribution in [-0.2, 0) is 0 Å². The van der Waals surface area contributed by atoms with Gasteiger partial charge in [0.05, 0.1) is 5.69 Å². The van der Waals surface area contributed by atoms with Crippen molar-refractivity contribution in [1.82, 2.24) is 14.9 Å². The van der Waals surface area contributed by atoms with Crippen LogP contribution < -0.4 is 5.32 Å². The molecule has 2 rings (SSSR count). The van der Waals surface area contributed by atoms with Crippen LogP contribution in [0.4, 0.5) is 0 Å². The van der Waals surface area contributed by atoms with Gasteiger partial charge in [-0.2, -0.15) is 5.26 Å². The summed E-state index contributed by atoms with van der Waals surface area (Å²) in [5, 5.41) is 12.4. The summed E-state index contributed by atoms with van der Waals surface area (Å²) in [7, 11) is 0. The van der Waals surface area contributed by atoms with Crippen LogP contribution in [0.5, 0.6) is 0 Å². The van der Waals surface area contributed by atoms with Gasteiger partial charge in [-0.1, -0.05) is 13.0 Å². The molecule has 0 aliphatic carbocycles. The zero-order valence-corrected chi connectivity index (χ0v) is 12.5. The molecule has 19 heavy (non-hydrogen) atoms. The highest BCUT2D eigenvalue weighted by molar-refractivity contribution is 9.10. The number of aromatic nitrogens is 2. The maximum absolute atomic E-state index is 9.01. The SMILES string of the molecule is CCNC(C)c1ccc(-n2ccnc2C#N)c(Br)c1. The van der Waals surface area contributed by atoms with Gasteiger partial charge < -0.3 is 5.32 Å². The third kappa shape index (κ3) is 2.86. The summed E-state index contributed by atoms with van der Waals surface area (Å²) < 4.78 is 2.72. The minimum atomic E-state index is 0.300. The first kappa shape index (κ1) is 13.8. The van der Waals surface area contributed by atoms with Crippen LogP contribution in [0.3, 0.4) is 0 Å². The smallest absolute Gasteiger partial charge is 0.217 e. The summed E-state index contributed by atoms with van der Waals surface area (Å²) in [6.45, 7) is 5.15. The van der Waals surface area contributed by atoms with Crippen molar-refractivity contribution in [3.8, 4) is 11.8 Å². The first-order valence-corrected chi connectivity index (χ1v) is 6.93. The molecule has 0 amide bonds. The van der Waals surface area contributed by atoms with E-state index in [2.05, 4.69) is 58.3 Å². The first-order chi connectivity index (χ1) is 9.17. The lowest BCUT2D eigenvalue weighted by atomic mass is 10.1. The average Bonchev–Trinajstić information content (AvgIpc) is 2.87. The lowest BCUT2D eigenvalue weighted by Gasteiger charge is -2.15. The highest BCUT2D eigenvalue weighted by atomic mass is 79.9. The largest absolute Gasteiger partial charge is 0.310 e. The molecule has 0 saturated heterocycles. The van der Waals surface area contributed by atoms with Gasteiger partial charge in [-0.25, -0.2) is 4.98 Å². The molecule has 2 aromatic rings. The minimum absolute atomic E-state index is 0.300. The van der Waals surface area contributed by atoms with Crippen LogP contribution in [0.1, 0.15) is 31.3 Å². The van der Waals surface area contributed by atoms with Gasteiger partial charge in [0.1, 0.15) is 6.07 Å². The number of nitrogens with one attached hydrogen (secondary N) is 1. The Morgan fingerprint density at radius 1 is 1.53 bits per heavy atom. The minimum Gasteiger partial charge on any atom is -0.310 e. The lowest BCUT2D eigenvalue weighted by Crippen LogP contribution is -2.17. The Morgan fingerprint density at radius 3 is 2.95 bits per heavy atom. The van der Waals surface area contributed by atoms with E-state index in [9.17, 15) is 0 Å². The summed E-state index contributed by atoms with van der Waals surface area (Å²) in [5.41, 5.74) is 2.12. The van der Waals surface area contributed by atoms with Gasteiger partial charge >= 0.3 is 0 Å². The summed E-state index contributed by atoms with van der Waals surface area (Å²) >= 11 is 3.57. The molecule has 0 bridgehead atoms. The third-order valence-electron chi connectivity index (χ3n) is 2.98. The number of rotatable bonds is 4. The van der Waals surface area contributed by atoms with Gasteiger partial charge in [0, 0.05) is 22.9 Å². The molecule has 1 aromatic heterocycles. The van der Waals surface area contributed by atoms with E-state index in [1.54, 1.807) is 17.0 Å². The van der Waals surface area contributed by atoms with Crippen molar-refractivity contribution in [2.75, 3.05) is 6.54 Å². The molecule has 0 saturated carbocycles. The molecule has 0 radical (unpaired) electrons. The van der Waals surface area contributed by atoms with E-state index in [0.29, 0.717) is 11.9 Å². The van der Waals surface area contributed by atoms with Crippen molar-refractivity contribution >= 4 is 15.9 Å². The molecule has 0 aliphatic rings. The molecular weight excluding hydrogens is 304 g/mol. The van der Waals surface area contributed by atoms with Crippen LogP contribution in [-0.4, -0.2) is 16.1 Å². The molecule has 4 nitrogen and oxygen atoms in total. The Bertz CT molecular complexity index is 612. The fraction of sp³-hybridized carbons (Fsp3) is 0.286. The Balaban J connectivity index is 2.38. The molecule has 1 N–H and O–H groups in total. The summed E-state index contributed by atoms with van der Waals surface area (Å²) in [6, 6.07) is 8.51. The number of hydrogen-bond acceptors (Lipinski definition) is 3. The van der Waals surface area contributed by atoms with E-state index in [1.165, 1.54) is 5.56 Å². The predicted octanol–water partition coefficient (Wildman–Crippen LogP) is 3.18. The van der Waals surface area contributed by atoms with Crippen LogP contribution in [0, 0.1) is 11.3 Å². The monoisotopic (exact) mass is 318 g/mol. The Labute approximate surface area is 121 Å². The molecule has 1 heterocycles. The van der Waals surface area contributed by atoms with E-state index >= 15 is 0 Å². The van der Waals surface area contributed by atoms with Crippen molar-refractivity contribution < 1.29 is 0 Å². The van der Waals surface area contributed by atoms with Crippen LogP contribution in [0.2, 0.25) is 0 Å². The highest BCUT2D eigenvalue weighted by Crippen LogP contribution is 2.26. The van der Waals surface area contributed by atoms with E-state index < -0.39 is 0 Å². The van der Waals surface area contributed by atoms with Crippen LogP contribution in [0.15, 0.2) is 35.1 Å². The van der Waals surface area contributed by atoms with Crippen molar-refractivity contribution in [3.63, 3.8) is 0 Å². The number of imidazole rings is 1. The fourth-order valence-corrected chi connectivity index (χ4v) is 2.58. The summed E-state index contributed by atoms with van der Waals surface area (Å²) in [5.74, 6) is 0.383. The van der Waals surface area contributed by atoms with E-state index in [1.807, 2.05) is 6.07 Å². The maximum atomic E-state index is 9.01. The van der Waals surface area contributed by atoms with E-state index in [4.69, 9.17) is 5.26 Å². The number of benzene rings is 1. The van der Waals surface area contributed by atoms with Gasteiger partial charge in [0.15, 0.2) is 0 Å². The second-order valence-corrected chi connectivity index (χ2v) is 5.08. The molecule has 0 aliphatic heterocycles. The second-order valence-electron chi connectivity index (χ2n) is 4.22. The highest BCUT2D eigenvalue weighted by Gasteiger charge is 2.10. The fourth-order valence-electron chi connectivity index (χ4n) is 1.99. The Hall–Kier alpha value is -1.64. The van der Waals surface area contributed by atoms with Gasteiger partial charge in [-0.15, -0.1) is 0 Å². The zero-order chi connectivity index (χ0) is 13.8. The van der Waals surface area contributed by atoms with Crippen LogP contribution in [0.25, 0.3) is 5.69 Å². The maximum Gasteiger partial charge on any atom is 0.217 e. The topological polar surface area (TPSA) is 53.6 Å². The number of nitriles is 1. The van der Waals surface area contributed by atoms with Crippen molar-refractivity contribution in [3.05, 3.63) is 46.5 Å². The van der Waals surface area contributed by atoms with Gasteiger partial charge in [0.25, 0.3) is 0 Å². The molecule has 0 spiro atoms. The third-order valence-corrected chi connectivity index (χ3v) is 3.62. The Kier molecular flexibility index (Phi) is 4.35. The number of hydrogen-bond donors (Lipinski definition) is 1. The molecular formula is C14H15BrN4. The van der Waals surface area contributed by atoms with Crippen LogP contribution >= 0.6 is 15.9 Å². The van der Waals surface area contributed by atoms with Gasteiger partial charge in [0.2, 0.25) is 5.82 Å². The zero-order valence-electron chi connectivity index (χ0n) is 10.9. The summed E-state index contributed by atoms with van der Waals surface area (Å²) in [4.78, 5) is 4.01. The van der Waals surface area contributed by atoms with Gasteiger partial charge in [-0.05, 0) is 47.1 Å². The standard InChI is InChI=1S/C14H15BrN4/c1-3-17-10(2)11-4-5-13(12(15)8-11)19-7-6-18-14(19)9-16/h4-8,10,17H,3H2,1-2H3. The van der Waals surface area contributed by atoms with E-state index in [0.717, 1.165) is 16.7 Å². The lowest BCUT2D eigenvalue weighted by molar-refractivity contribution is 0.598. The summed E-state index contributed by atoms with van der Waals surface area (Å²) in [6.07, 6.45) is 3.41. The average molecular weight is 319 g/mol. The van der Waals surface area contributed by atoms with Crippen molar-refractivity contribution in [2.24, 2.45) is 0 Å². The number of halogens is 1. The number of nitrogens with zero attached hydrogens (tertiary/aromatic N) is 3. The molecule has 5 heteroatoms. The normalized spacial score (nSPS) is 12.1. The molecule has 0 fully saturated rings. The predicted molar refractivity (Wildman–Crippen MR) is 78.1 cm³/mol. The molecule has 1 aromatic carbocycles. The molecule has 1 atom stereocenters.